The number of hydrazone groups is 1. The molecule has 1 aliphatic rings. The quantitative estimate of drug-likeness (QED) is 0.404. The molecule has 4 aromatic rings. The highest BCUT2D eigenvalue weighted by atomic mass is 16.3. The van der Waals surface area contributed by atoms with Gasteiger partial charge in [0.2, 0.25) is 5.91 Å². The van der Waals surface area contributed by atoms with E-state index in [9.17, 15) is 4.79 Å². The third-order valence-electron chi connectivity index (χ3n) is 5.60. The molecule has 6 nitrogen and oxygen atoms in total. The van der Waals surface area contributed by atoms with Crippen LogP contribution in [0.1, 0.15) is 43.6 Å². The number of hydrogen-bond acceptors (Lipinski definition) is 4. The Hall–Kier alpha value is -3.93. The van der Waals surface area contributed by atoms with Crippen LogP contribution in [0.3, 0.4) is 0 Å². The Bertz CT molecular complexity index is 1230. The van der Waals surface area contributed by atoms with Gasteiger partial charge in [-0.05, 0) is 30.7 Å². The van der Waals surface area contributed by atoms with Crippen LogP contribution in [0, 0.1) is 0 Å². The monoisotopic (exact) mass is 424 g/mol. The second kappa shape index (κ2) is 8.67. The first-order valence-corrected chi connectivity index (χ1v) is 10.9. The normalized spacial score (nSPS) is 15.7. The van der Waals surface area contributed by atoms with Crippen molar-refractivity contribution in [3.63, 3.8) is 0 Å². The number of rotatable bonds is 6. The number of para-hydroxylation sites is 1. The van der Waals surface area contributed by atoms with Crippen LogP contribution in [0.4, 0.5) is 0 Å². The summed E-state index contributed by atoms with van der Waals surface area (Å²) in [5.74, 6) is 0.698. The van der Waals surface area contributed by atoms with Crippen molar-refractivity contribution in [2.75, 3.05) is 0 Å². The molecule has 2 aromatic carbocycles. The molecule has 0 N–H and O–H groups in total. The SMILES string of the molecule is CCCC(=O)N1N=C(c2ccco2)C[C@@H]1c1cn(-c2ccccc2)nc1-c1ccccc1. The zero-order valence-corrected chi connectivity index (χ0v) is 17.9. The van der Waals surface area contributed by atoms with E-state index in [1.807, 2.05) is 90.6 Å². The predicted octanol–water partition coefficient (Wildman–Crippen LogP) is 5.61. The average Bonchev–Trinajstić information content (AvgIpc) is 3.59. The Morgan fingerprint density at radius 3 is 2.47 bits per heavy atom. The fourth-order valence-corrected chi connectivity index (χ4v) is 4.07. The summed E-state index contributed by atoms with van der Waals surface area (Å²) in [6, 6.07) is 23.6. The molecule has 160 valence electrons. The number of furan rings is 1. The zero-order chi connectivity index (χ0) is 21.9. The lowest BCUT2D eigenvalue weighted by molar-refractivity contribution is -0.133. The van der Waals surface area contributed by atoms with Gasteiger partial charge >= 0.3 is 0 Å². The molecule has 1 atom stereocenters. The third-order valence-corrected chi connectivity index (χ3v) is 5.60. The predicted molar refractivity (Wildman–Crippen MR) is 123 cm³/mol. The molecule has 3 heterocycles. The molecule has 1 amide bonds. The minimum absolute atomic E-state index is 0.00512. The van der Waals surface area contributed by atoms with Crippen LogP contribution < -0.4 is 0 Å². The molecule has 0 saturated carbocycles. The van der Waals surface area contributed by atoms with Crippen molar-refractivity contribution in [1.82, 2.24) is 14.8 Å². The summed E-state index contributed by atoms with van der Waals surface area (Å²) in [5.41, 5.74) is 4.56. The molecule has 32 heavy (non-hydrogen) atoms. The minimum atomic E-state index is -0.248. The lowest BCUT2D eigenvalue weighted by Crippen LogP contribution is -2.26. The van der Waals surface area contributed by atoms with E-state index < -0.39 is 0 Å². The first-order valence-electron chi connectivity index (χ1n) is 10.9. The van der Waals surface area contributed by atoms with Gasteiger partial charge in [0.1, 0.15) is 11.5 Å². The number of nitrogens with zero attached hydrogens (tertiary/aromatic N) is 4. The van der Waals surface area contributed by atoms with Crippen LogP contribution >= 0.6 is 0 Å². The summed E-state index contributed by atoms with van der Waals surface area (Å²) in [7, 11) is 0. The van der Waals surface area contributed by atoms with Crippen molar-refractivity contribution in [2.24, 2.45) is 5.10 Å². The van der Waals surface area contributed by atoms with E-state index in [0.29, 0.717) is 18.6 Å². The number of amides is 1. The van der Waals surface area contributed by atoms with E-state index in [1.165, 1.54) is 0 Å². The van der Waals surface area contributed by atoms with Crippen molar-refractivity contribution >= 4 is 11.6 Å². The van der Waals surface area contributed by atoms with Crippen LogP contribution in [-0.2, 0) is 4.79 Å². The van der Waals surface area contributed by atoms with E-state index in [0.717, 1.165) is 34.6 Å². The van der Waals surface area contributed by atoms with E-state index in [1.54, 1.807) is 11.3 Å². The molecule has 1 aliphatic heterocycles. The second-order valence-corrected chi connectivity index (χ2v) is 7.81. The number of benzene rings is 2. The Labute approximate surface area is 186 Å². The average molecular weight is 425 g/mol. The fraction of sp³-hybridized carbons (Fsp3) is 0.192. The molecule has 6 heteroatoms. The van der Waals surface area contributed by atoms with Crippen LogP contribution in [0.5, 0.6) is 0 Å². The highest BCUT2D eigenvalue weighted by Crippen LogP contribution is 2.38. The molecule has 0 bridgehead atoms. The van der Waals surface area contributed by atoms with E-state index in [-0.39, 0.29) is 11.9 Å². The number of carbonyl (C=O) groups excluding carboxylic acids is 1. The summed E-state index contributed by atoms with van der Waals surface area (Å²) in [6.45, 7) is 2.00. The van der Waals surface area contributed by atoms with Gasteiger partial charge < -0.3 is 4.42 Å². The summed E-state index contributed by atoms with van der Waals surface area (Å²) in [5, 5.41) is 11.2. The van der Waals surface area contributed by atoms with Crippen LogP contribution in [0.2, 0.25) is 0 Å². The van der Waals surface area contributed by atoms with Gasteiger partial charge in [0, 0.05) is 30.2 Å². The molecule has 5 rings (SSSR count). The van der Waals surface area contributed by atoms with Gasteiger partial charge in [-0.25, -0.2) is 9.69 Å². The lowest BCUT2D eigenvalue weighted by atomic mass is 9.98. The van der Waals surface area contributed by atoms with Crippen molar-refractivity contribution < 1.29 is 9.21 Å². The first kappa shape index (κ1) is 20.0. The maximum absolute atomic E-state index is 13.0. The second-order valence-electron chi connectivity index (χ2n) is 7.81. The molecule has 0 fully saturated rings. The molecule has 0 radical (unpaired) electrons. The number of hydrogen-bond donors (Lipinski definition) is 0. The molecular formula is C26H24N4O2. The van der Waals surface area contributed by atoms with Gasteiger partial charge in [0.15, 0.2) is 0 Å². The van der Waals surface area contributed by atoms with Crippen molar-refractivity contribution in [3.05, 3.63) is 96.6 Å². The molecule has 2 aromatic heterocycles. The Balaban J connectivity index is 1.61. The van der Waals surface area contributed by atoms with E-state index in [2.05, 4.69) is 0 Å². The van der Waals surface area contributed by atoms with Gasteiger partial charge in [0.05, 0.1) is 23.7 Å². The Morgan fingerprint density at radius 2 is 1.78 bits per heavy atom. The van der Waals surface area contributed by atoms with Gasteiger partial charge in [-0.1, -0.05) is 55.5 Å². The van der Waals surface area contributed by atoms with Crippen LogP contribution in [0.25, 0.3) is 16.9 Å². The Kier molecular flexibility index (Phi) is 5.42. The van der Waals surface area contributed by atoms with Crippen molar-refractivity contribution in [2.45, 2.75) is 32.2 Å². The standard InChI is InChI=1S/C26H24N4O2/c1-2-10-25(31)30-23(17-22(27-30)24-15-9-16-32-24)21-18-29(20-13-7-4-8-14-20)28-26(21)19-11-5-3-6-12-19/h3-9,11-16,18,23H,2,10,17H2,1H3/t23-/m1/s1. The molecule has 0 unspecified atom stereocenters. The van der Waals surface area contributed by atoms with Gasteiger partial charge in [0.25, 0.3) is 0 Å². The largest absolute Gasteiger partial charge is 0.463 e. The third kappa shape index (κ3) is 3.75. The maximum atomic E-state index is 13.0. The van der Waals surface area contributed by atoms with Crippen molar-refractivity contribution in [3.8, 4) is 16.9 Å². The topological polar surface area (TPSA) is 63.6 Å². The summed E-state index contributed by atoms with van der Waals surface area (Å²) >= 11 is 0. The van der Waals surface area contributed by atoms with E-state index >= 15 is 0 Å². The highest BCUT2D eigenvalue weighted by Gasteiger charge is 2.36. The van der Waals surface area contributed by atoms with E-state index in [4.69, 9.17) is 14.6 Å². The Morgan fingerprint density at radius 1 is 1.03 bits per heavy atom. The van der Waals surface area contributed by atoms with Crippen molar-refractivity contribution in [1.29, 1.82) is 0 Å². The number of aromatic nitrogens is 2. The molecule has 0 aliphatic carbocycles. The fourth-order valence-electron chi connectivity index (χ4n) is 4.07. The van der Waals surface area contributed by atoms with Crippen LogP contribution in [0.15, 0.2) is 94.8 Å². The molecule has 0 saturated heterocycles. The van der Waals surface area contributed by atoms with Gasteiger partial charge in [-0.2, -0.15) is 10.2 Å². The zero-order valence-electron chi connectivity index (χ0n) is 17.9. The summed E-state index contributed by atoms with van der Waals surface area (Å²) < 4.78 is 7.47. The molecular weight excluding hydrogens is 400 g/mol. The number of carbonyl (C=O) groups is 1. The first-order chi connectivity index (χ1) is 15.7. The maximum Gasteiger partial charge on any atom is 0.243 e. The summed E-state index contributed by atoms with van der Waals surface area (Å²) in [6.07, 6.45) is 5.44. The lowest BCUT2D eigenvalue weighted by Gasteiger charge is -2.21. The van der Waals surface area contributed by atoms with Gasteiger partial charge in [-0.15, -0.1) is 0 Å². The highest BCUT2D eigenvalue weighted by molar-refractivity contribution is 6.01. The minimum Gasteiger partial charge on any atom is -0.463 e. The van der Waals surface area contributed by atoms with Gasteiger partial charge in [-0.3, -0.25) is 4.79 Å². The summed E-state index contributed by atoms with van der Waals surface area (Å²) in [4.78, 5) is 13.0. The molecule has 0 spiro atoms. The van der Waals surface area contributed by atoms with Crippen LogP contribution in [-0.4, -0.2) is 26.4 Å². The smallest absolute Gasteiger partial charge is 0.243 e.